The summed E-state index contributed by atoms with van der Waals surface area (Å²) in [6, 6.07) is 0.117. The lowest BCUT2D eigenvalue weighted by atomic mass is 10.2. The highest BCUT2D eigenvalue weighted by molar-refractivity contribution is 5.74. The molecule has 94 valence electrons. The van der Waals surface area contributed by atoms with Gasteiger partial charge in [-0.2, -0.15) is 0 Å². The second-order valence-electron chi connectivity index (χ2n) is 4.26. The van der Waals surface area contributed by atoms with Gasteiger partial charge in [-0.1, -0.05) is 6.92 Å². The minimum absolute atomic E-state index is 0.117. The first-order chi connectivity index (χ1) is 7.69. The molecule has 2 amide bonds. The highest BCUT2D eigenvalue weighted by Crippen LogP contribution is 2.06. The molecule has 0 aromatic rings. The van der Waals surface area contributed by atoms with Gasteiger partial charge in [0.2, 0.25) is 0 Å². The summed E-state index contributed by atoms with van der Waals surface area (Å²) < 4.78 is 5.23. The van der Waals surface area contributed by atoms with Crippen molar-refractivity contribution in [1.82, 2.24) is 9.80 Å². The van der Waals surface area contributed by atoms with E-state index in [-0.39, 0.29) is 6.03 Å². The summed E-state index contributed by atoms with van der Waals surface area (Å²) in [6.45, 7) is 8.86. The summed E-state index contributed by atoms with van der Waals surface area (Å²) in [5.74, 6) is 0.352. The smallest absolute Gasteiger partial charge is 0.320 e. The fourth-order valence-electron chi connectivity index (χ4n) is 1.75. The summed E-state index contributed by atoms with van der Waals surface area (Å²) in [5, 5.41) is 0. The van der Waals surface area contributed by atoms with Gasteiger partial charge in [-0.05, 0) is 19.4 Å². The fraction of sp³-hybridized carbons (Fsp3) is 0.909. The molecule has 2 N–H and O–H groups in total. The minimum atomic E-state index is 0.117. The molecule has 16 heavy (non-hydrogen) atoms. The van der Waals surface area contributed by atoms with Gasteiger partial charge in [-0.3, -0.25) is 0 Å². The summed E-state index contributed by atoms with van der Waals surface area (Å²) >= 11 is 0. The SMILES string of the molecule is CCN(CC(C)CN)C(=O)N1CCOCC1. The van der Waals surface area contributed by atoms with Crippen LogP contribution in [0, 0.1) is 5.92 Å². The number of rotatable bonds is 4. The fourth-order valence-corrected chi connectivity index (χ4v) is 1.75. The Morgan fingerprint density at radius 2 is 2.12 bits per heavy atom. The van der Waals surface area contributed by atoms with Crippen LogP contribution in [0.2, 0.25) is 0 Å². The second-order valence-corrected chi connectivity index (χ2v) is 4.26. The van der Waals surface area contributed by atoms with Crippen LogP contribution in [-0.2, 0) is 4.74 Å². The Kier molecular flexibility index (Phi) is 5.55. The molecule has 0 aromatic heterocycles. The Morgan fingerprint density at radius 1 is 1.50 bits per heavy atom. The van der Waals surface area contributed by atoms with E-state index in [1.54, 1.807) is 0 Å². The van der Waals surface area contributed by atoms with E-state index < -0.39 is 0 Å². The molecule has 1 fully saturated rings. The predicted octanol–water partition coefficient (Wildman–Crippen LogP) is 0.355. The second kappa shape index (κ2) is 6.70. The molecule has 0 spiro atoms. The number of nitrogens with two attached hydrogens (primary N) is 1. The van der Waals surface area contributed by atoms with Crippen molar-refractivity contribution in [2.24, 2.45) is 11.7 Å². The van der Waals surface area contributed by atoms with Gasteiger partial charge in [0.1, 0.15) is 0 Å². The molecule has 1 rings (SSSR count). The molecule has 1 unspecified atom stereocenters. The van der Waals surface area contributed by atoms with E-state index in [0.717, 1.165) is 13.1 Å². The molecule has 0 radical (unpaired) electrons. The Morgan fingerprint density at radius 3 is 2.62 bits per heavy atom. The van der Waals surface area contributed by atoms with E-state index in [1.807, 2.05) is 16.7 Å². The molecule has 0 aliphatic carbocycles. The molecule has 5 heteroatoms. The Bertz CT molecular complexity index is 217. The highest BCUT2D eigenvalue weighted by Gasteiger charge is 2.22. The largest absolute Gasteiger partial charge is 0.378 e. The first kappa shape index (κ1) is 13.3. The summed E-state index contributed by atoms with van der Waals surface area (Å²) in [4.78, 5) is 15.9. The third kappa shape index (κ3) is 3.64. The molecule has 1 atom stereocenters. The van der Waals surface area contributed by atoms with Crippen molar-refractivity contribution in [3.63, 3.8) is 0 Å². The molecule has 0 aromatic carbocycles. The van der Waals surface area contributed by atoms with Crippen molar-refractivity contribution in [1.29, 1.82) is 0 Å². The van der Waals surface area contributed by atoms with Crippen LogP contribution in [0.1, 0.15) is 13.8 Å². The predicted molar refractivity (Wildman–Crippen MR) is 63.3 cm³/mol. The first-order valence-corrected chi connectivity index (χ1v) is 6.00. The normalized spacial score (nSPS) is 18.3. The molecule has 1 heterocycles. The van der Waals surface area contributed by atoms with Gasteiger partial charge in [-0.15, -0.1) is 0 Å². The zero-order chi connectivity index (χ0) is 12.0. The van der Waals surface area contributed by atoms with E-state index in [0.29, 0.717) is 38.8 Å². The first-order valence-electron chi connectivity index (χ1n) is 6.00. The van der Waals surface area contributed by atoms with Crippen LogP contribution in [0.4, 0.5) is 4.79 Å². The van der Waals surface area contributed by atoms with Crippen LogP contribution in [0.5, 0.6) is 0 Å². The lowest BCUT2D eigenvalue weighted by molar-refractivity contribution is 0.0427. The molecule has 0 bridgehead atoms. The van der Waals surface area contributed by atoms with E-state index >= 15 is 0 Å². The van der Waals surface area contributed by atoms with Crippen LogP contribution in [0.25, 0.3) is 0 Å². The molecule has 0 saturated carbocycles. The van der Waals surface area contributed by atoms with E-state index in [2.05, 4.69) is 6.92 Å². The standard InChI is InChI=1S/C11H23N3O2/c1-3-13(9-10(2)8-12)11(15)14-4-6-16-7-5-14/h10H,3-9,12H2,1-2H3. The van der Waals surface area contributed by atoms with Crippen LogP contribution >= 0.6 is 0 Å². The van der Waals surface area contributed by atoms with Gasteiger partial charge in [0.15, 0.2) is 0 Å². The number of hydrogen-bond donors (Lipinski definition) is 1. The number of urea groups is 1. The van der Waals surface area contributed by atoms with Gasteiger partial charge in [-0.25, -0.2) is 4.79 Å². The number of carbonyl (C=O) groups excluding carboxylic acids is 1. The molecular weight excluding hydrogens is 206 g/mol. The van der Waals surface area contributed by atoms with Crippen molar-refractivity contribution < 1.29 is 9.53 Å². The number of ether oxygens (including phenoxy) is 1. The Hall–Kier alpha value is -0.810. The topological polar surface area (TPSA) is 58.8 Å². The number of nitrogens with zero attached hydrogens (tertiary/aromatic N) is 2. The quantitative estimate of drug-likeness (QED) is 0.757. The maximum absolute atomic E-state index is 12.1. The van der Waals surface area contributed by atoms with Crippen molar-refractivity contribution in [3.05, 3.63) is 0 Å². The summed E-state index contributed by atoms with van der Waals surface area (Å²) in [7, 11) is 0. The van der Waals surface area contributed by atoms with Crippen LogP contribution in [0.3, 0.4) is 0 Å². The van der Waals surface area contributed by atoms with Crippen LogP contribution in [0.15, 0.2) is 0 Å². The number of morpholine rings is 1. The van der Waals surface area contributed by atoms with Crippen LogP contribution < -0.4 is 5.73 Å². The average molecular weight is 229 g/mol. The molecule has 1 aliphatic heterocycles. The zero-order valence-electron chi connectivity index (χ0n) is 10.3. The molecule has 1 aliphatic rings. The van der Waals surface area contributed by atoms with Crippen molar-refractivity contribution >= 4 is 6.03 Å². The Labute approximate surface area is 97.5 Å². The number of amides is 2. The third-order valence-corrected chi connectivity index (χ3v) is 2.87. The Balaban J connectivity index is 2.47. The lowest BCUT2D eigenvalue weighted by Gasteiger charge is -2.33. The van der Waals surface area contributed by atoms with E-state index in [9.17, 15) is 4.79 Å². The summed E-state index contributed by atoms with van der Waals surface area (Å²) in [6.07, 6.45) is 0. The monoisotopic (exact) mass is 229 g/mol. The van der Waals surface area contributed by atoms with Gasteiger partial charge >= 0.3 is 6.03 Å². The van der Waals surface area contributed by atoms with Crippen molar-refractivity contribution in [2.75, 3.05) is 45.9 Å². The van der Waals surface area contributed by atoms with E-state index in [1.165, 1.54) is 0 Å². The molecular formula is C11H23N3O2. The van der Waals surface area contributed by atoms with Gasteiger partial charge in [0, 0.05) is 26.2 Å². The van der Waals surface area contributed by atoms with Crippen LogP contribution in [-0.4, -0.2) is 61.8 Å². The van der Waals surface area contributed by atoms with Crippen molar-refractivity contribution in [3.8, 4) is 0 Å². The maximum atomic E-state index is 12.1. The number of hydrogen-bond acceptors (Lipinski definition) is 3. The van der Waals surface area contributed by atoms with Gasteiger partial charge < -0.3 is 20.3 Å². The van der Waals surface area contributed by atoms with Gasteiger partial charge in [0.25, 0.3) is 0 Å². The third-order valence-electron chi connectivity index (χ3n) is 2.87. The van der Waals surface area contributed by atoms with Gasteiger partial charge in [0.05, 0.1) is 13.2 Å². The minimum Gasteiger partial charge on any atom is -0.378 e. The molecule has 5 nitrogen and oxygen atoms in total. The summed E-state index contributed by atoms with van der Waals surface area (Å²) in [5.41, 5.74) is 5.58. The highest BCUT2D eigenvalue weighted by atomic mass is 16.5. The zero-order valence-corrected chi connectivity index (χ0v) is 10.3. The lowest BCUT2D eigenvalue weighted by Crippen LogP contribution is -2.49. The van der Waals surface area contributed by atoms with Crippen molar-refractivity contribution in [2.45, 2.75) is 13.8 Å². The maximum Gasteiger partial charge on any atom is 0.320 e. The molecule has 1 saturated heterocycles. The number of carbonyl (C=O) groups is 1. The van der Waals surface area contributed by atoms with E-state index in [4.69, 9.17) is 10.5 Å². The average Bonchev–Trinajstić information content (AvgIpc) is 2.35.